The van der Waals surface area contributed by atoms with Gasteiger partial charge in [0.25, 0.3) is 0 Å². The van der Waals surface area contributed by atoms with Crippen LogP contribution in [-0.4, -0.2) is 24.1 Å². The molecule has 3 aromatic heterocycles. The third-order valence-electron chi connectivity index (χ3n) is 15.6. The average Bonchev–Trinajstić information content (AvgIpc) is 4.09. The van der Waals surface area contributed by atoms with Gasteiger partial charge < -0.3 is 9.13 Å². The lowest BCUT2D eigenvalue weighted by atomic mass is 9.80. The maximum Gasteiger partial charge on any atom is 0.188 e. The van der Waals surface area contributed by atoms with Crippen LogP contribution < -0.4 is 0 Å². The summed E-state index contributed by atoms with van der Waals surface area (Å²) in [6.07, 6.45) is 0. The number of benzene rings is 9. The summed E-state index contributed by atoms with van der Waals surface area (Å²) >= 11 is 0. The van der Waals surface area contributed by atoms with E-state index < -0.39 is 0 Å². The van der Waals surface area contributed by atoms with E-state index in [1.807, 2.05) is 66.7 Å². The molecule has 0 radical (unpaired) electrons. The Morgan fingerprint density at radius 2 is 0.917 bits per heavy atom. The molecule has 0 N–H and O–H groups in total. The Morgan fingerprint density at radius 1 is 0.444 bits per heavy atom. The summed E-state index contributed by atoms with van der Waals surface area (Å²) < 4.78 is 4.63. The molecule has 2 aliphatic rings. The van der Waals surface area contributed by atoms with Crippen LogP contribution in [0, 0.1) is 17.9 Å². The first-order chi connectivity index (χ1) is 35.1. The summed E-state index contributed by atoms with van der Waals surface area (Å²) in [6, 6.07) is 67.8. The Bertz CT molecular complexity index is 4160. The SMILES string of the molecule is [C-]#[N+]c1ccc(-n2c3ccccc3c3c4c(ccc32)-c2ccccc2C4(C)C)c(-c2nc(-c3ccccc3)nc(-c3cc(C#N)ccc3-n3c4ccccc4c4c5c(ccc43)-c3ccccc3C5(C)C)n2)c1. The molecular weight excluding hydrogens is 879 g/mol. The van der Waals surface area contributed by atoms with Crippen molar-refractivity contribution in [2.24, 2.45) is 0 Å². The topological polar surface area (TPSA) is 76.7 Å². The summed E-state index contributed by atoms with van der Waals surface area (Å²) in [6.45, 7) is 17.6. The van der Waals surface area contributed by atoms with Crippen LogP contribution >= 0.6 is 0 Å². The zero-order valence-corrected chi connectivity index (χ0v) is 40.0. The van der Waals surface area contributed by atoms with Crippen molar-refractivity contribution in [1.82, 2.24) is 24.1 Å². The van der Waals surface area contributed by atoms with Gasteiger partial charge in [0.15, 0.2) is 23.2 Å². The normalized spacial score (nSPS) is 13.8. The first-order valence-corrected chi connectivity index (χ1v) is 24.4. The van der Waals surface area contributed by atoms with E-state index in [0.717, 1.165) is 49.8 Å². The van der Waals surface area contributed by atoms with Crippen LogP contribution in [0.5, 0.6) is 0 Å². The minimum absolute atomic E-state index is 0.252. The first-order valence-electron chi connectivity index (χ1n) is 24.4. The molecule has 0 bridgehead atoms. The third kappa shape index (κ3) is 5.68. The van der Waals surface area contributed by atoms with Gasteiger partial charge in [0.2, 0.25) is 0 Å². The molecule has 0 saturated heterocycles. The van der Waals surface area contributed by atoms with Crippen molar-refractivity contribution in [2.45, 2.75) is 38.5 Å². The minimum atomic E-state index is -0.253. The highest BCUT2D eigenvalue weighted by Gasteiger charge is 2.40. The molecule has 0 unspecified atom stereocenters. The number of hydrogen-bond donors (Lipinski definition) is 0. The molecule has 0 fully saturated rings. The van der Waals surface area contributed by atoms with Gasteiger partial charge >= 0.3 is 0 Å². The molecule has 7 nitrogen and oxygen atoms in total. The highest BCUT2D eigenvalue weighted by atomic mass is 15.1. The van der Waals surface area contributed by atoms with Gasteiger partial charge in [0.1, 0.15) is 0 Å². The standard InChI is InChI=1S/C65H43N7/c1-64(2)49-23-13-9-19-41(49)43-29-33-55-57(59(43)64)45-21-11-15-25-51(45)71(55)53-31-27-38(37-66)35-47(53)62-68-61(39-17-7-6-8-18-39)69-63(70-62)48-36-40(67-5)28-32-54(48)72-52-26-16-12-22-46(52)58-56(72)34-30-44-42-20-10-14-24-50(42)65(3,4)60(44)58/h6-36H,1-4H3. The van der Waals surface area contributed by atoms with E-state index in [9.17, 15) is 5.26 Å². The van der Waals surface area contributed by atoms with Crippen molar-refractivity contribution in [3.8, 4) is 73.9 Å². The van der Waals surface area contributed by atoms with E-state index in [-0.39, 0.29) is 10.8 Å². The van der Waals surface area contributed by atoms with Crippen molar-refractivity contribution < 1.29 is 0 Å². The molecule has 3 heterocycles. The second-order valence-electron chi connectivity index (χ2n) is 20.1. The number of aromatic nitrogens is 5. The minimum Gasteiger partial charge on any atom is -0.309 e. The Kier molecular flexibility index (Phi) is 8.67. The Hall–Kier alpha value is -9.43. The molecule has 9 aromatic carbocycles. The van der Waals surface area contributed by atoms with E-state index in [0.29, 0.717) is 39.9 Å². The predicted octanol–water partition coefficient (Wildman–Crippen LogP) is 16.1. The summed E-state index contributed by atoms with van der Waals surface area (Å²) in [7, 11) is 0. The first kappa shape index (κ1) is 41.5. The van der Waals surface area contributed by atoms with Gasteiger partial charge in [-0.25, -0.2) is 19.8 Å². The fourth-order valence-corrected chi connectivity index (χ4v) is 12.5. The largest absolute Gasteiger partial charge is 0.309 e. The van der Waals surface area contributed by atoms with Gasteiger partial charge in [-0.15, -0.1) is 0 Å². The van der Waals surface area contributed by atoms with Crippen LogP contribution in [0.2, 0.25) is 0 Å². The van der Waals surface area contributed by atoms with E-state index in [1.54, 1.807) is 0 Å². The molecule has 0 spiro atoms. The molecule has 0 aliphatic heterocycles. The maximum atomic E-state index is 10.6. The van der Waals surface area contributed by atoms with Crippen molar-refractivity contribution in [3.63, 3.8) is 0 Å². The molecule has 72 heavy (non-hydrogen) atoms. The second-order valence-corrected chi connectivity index (χ2v) is 20.1. The molecular formula is C65H43N7. The third-order valence-corrected chi connectivity index (χ3v) is 15.6. The van der Waals surface area contributed by atoms with Crippen molar-refractivity contribution in [2.75, 3.05) is 0 Å². The van der Waals surface area contributed by atoms with Gasteiger partial charge in [-0.3, -0.25) is 0 Å². The number of hydrogen-bond acceptors (Lipinski definition) is 4. The molecule has 0 amide bonds. The van der Waals surface area contributed by atoms with E-state index in [4.69, 9.17) is 21.5 Å². The van der Waals surface area contributed by atoms with Crippen LogP contribution in [-0.2, 0) is 10.8 Å². The van der Waals surface area contributed by atoms with Crippen LogP contribution in [0.3, 0.4) is 0 Å². The lowest BCUT2D eigenvalue weighted by Gasteiger charge is -2.22. The summed E-state index contributed by atoms with van der Waals surface area (Å²) in [5.74, 6) is 1.29. The highest BCUT2D eigenvalue weighted by molar-refractivity contribution is 6.16. The summed E-state index contributed by atoms with van der Waals surface area (Å²) in [5, 5.41) is 15.3. The number of nitriles is 1. The van der Waals surface area contributed by atoms with Crippen LogP contribution in [0.4, 0.5) is 5.69 Å². The van der Waals surface area contributed by atoms with Gasteiger partial charge in [-0.1, -0.05) is 161 Å². The second kappa shape index (κ2) is 15.0. The smallest absolute Gasteiger partial charge is 0.188 e. The lowest BCUT2D eigenvalue weighted by molar-refractivity contribution is 0.666. The molecule has 2 aliphatic carbocycles. The number of rotatable bonds is 5. The predicted molar refractivity (Wildman–Crippen MR) is 291 cm³/mol. The molecule has 338 valence electrons. The zero-order chi connectivity index (χ0) is 48.6. The van der Waals surface area contributed by atoms with Crippen LogP contribution in [0.25, 0.3) is 116 Å². The quantitative estimate of drug-likeness (QED) is 0.161. The Morgan fingerprint density at radius 3 is 1.46 bits per heavy atom. The number of para-hydroxylation sites is 2. The van der Waals surface area contributed by atoms with Crippen molar-refractivity contribution >= 4 is 49.3 Å². The molecule has 12 aromatic rings. The van der Waals surface area contributed by atoms with Crippen LogP contribution in [0.1, 0.15) is 55.5 Å². The number of fused-ring (bicyclic) bond motifs is 14. The van der Waals surface area contributed by atoms with Gasteiger partial charge in [0.05, 0.1) is 51.6 Å². The van der Waals surface area contributed by atoms with Gasteiger partial charge in [-0.05, 0) is 99.1 Å². The van der Waals surface area contributed by atoms with Crippen LogP contribution in [0.15, 0.2) is 188 Å². The zero-order valence-electron chi connectivity index (χ0n) is 40.0. The lowest BCUT2D eigenvalue weighted by Crippen LogP contribution is -2.15. The fraction of sp³-hybridized carbons (Fsp3) is 0.0923. The van der Waals surface area contributed by atoms with E-state index in [2.05, 4.69) is 169 Å². The fourth-order valence-electron chi connectivity index (χ4n) is 12.5. The summed E-state index contributed by atoms with van der Waals surface area (Å²) in [4.78, 5) is 20.1. The average molecular weight is 922 g/mol. The summed E-state index contributed by atoms with van der Waals surface area (Å²) in [5.41, 5.74) is 18.7. The van der Waals surface area contributed by atoms with Gasteiger partial charge in [0, 0.05) is 49.1 Å². The van der Waals surface area contributed by atoms with Crippen molar-refractivity contribution in [1.29, 1.82) is 5.26 Å². The molecule has 7 heteroatoms. The Labute approximate surface area is 416 Å². The highest BCUT2D eigenvalue weighted by Crippen LogP contribution is 2.55. The monoisotopic (exact) mass is 921 g/mol. The molecule has 14 rings (SSSR count). The van der Waals surface area contributed by atoms with E-state index in [1.165, 1.54) is 55.3 Å². The van der Waals surface area contributed by atoms with Crippen molar-refractivity contribution in [3.05, 3.63) is 227 Å². The molecule has 0 atom stereocenters. The van der Waals surface area contributed by atoms with Gasteiger partial charge in [-0.2, -0.15) is 5.26 Å². The Balaban J connectivity index is 1.04. The number of nitrogens with zero attached hydrogens (tertiary/aromatic N) is 7. The molecule has 0 saturated carbocycles. The maximum absolute atomic E-state index is 10.6. The van der Waals surface area contributed by atoms with E-state index >= 15 is 0 Å².